The highest BCUT2D eigenvalue weighted by molar-refractivity contribution is 5.26. The Hall–Kier alpha value is -0.870. The quantitative estimate of drug-likeness (QED) is 0.752. The predicted molar refractivity (Wildman–Crippen MR) is 61.2 cm³/mol. The van der Waals surface area contributed by atoms with Gasteiger partial charge in [-0.1, -0.05) is 0 Å². The number of hydrogen-bond donors (Lipinski definition) is 2. The van der Waals surface area contributed by atoms with Gasteiger partial charge in [0.25, 0.3) is 0 Å². The fourth-order valence-electron chi connectivity index (χ4n) is 3.17. The van der Waals surface area contributed by atoms with Gasteiger partial charge in [0, 0.05) is 25.8 Å². The van der Waals surface area contributed by atoms with Crippen molar-refractivity contribution in [2.45, 2.75) is 43.7 Å². The monoisotopic (exact) mass is 221 g/mol. The molecule has 0 atom stereocenters. The van der Waals surface area contributed by atoms with Gasteiger partial charge in [-0.05, 0) is 25.7 Å². The molecule has 2 aliphatic rings. The van der Waals surface area contributed by atoms with Crippen LogP contribution in [0.15, 0.2) is 6.33 Å². The first-order chi connectivity index (χ1) is 7.84. The molecule has 1 saturated carbocycles. The van der Waals surface area contributed by atoms with Crippen molar-refractivity contribution in [3.05, 3.63) is 17.7 Å². The molecule has 0 saturated heterocycles. The Kier molecular flexibility index (Phi) is 2.48. The van der Waals surface area contributed by atoms with Gasteiger partial charge in [0.05, 0.1) is 23.7 Å². The Morgan fingerprint density at radius 1 is 1.44 bits per heavy atom. The van der Waals surface area contributed by atoms with Crippen LogP contribution in [0.5, 0.6) is 0 Å². The van der Waals surface area contributed by atoms with E-state index in [9.17, 15) is 0 Å². The molecule has 0 amide bonds. The number of methoxy groups -OCH3 is 1. The van der Waals surface area contributed by atoms with E-state index in [1.54, 1.807) is 0 Å². The normalized spacial score (nSPS) is 33.9. The van der Waals surface area contributed by atoms with E-state index in [-0.39, 0.29) is 5.54 Å². The van der Waals surface area contributed by atoms with Crippen LogP contribution < -0.4 is 5.32 Å². The van der Waals surface area contributed by atoms with Gasteiger partial charge in [-0.15, -0.1) is 0 Å². The van der Waals surface area contributed by atoms with Gasteiger partial charge in [-0.3, -0.25) is 0 Å². The number of H-pyrrole nitrogens is 1. The second-order valence-electron chi connectivity index (χ2n) is 4.92. The number of aromatic nitrogens is 2. The molecule has 1 fully saturated rings. The molecule has 2 heterocycles. The topological polar surface area (TPSA) is 49.9 Å². The zero-order valence-corrected chi connectivity index (χ0v) is 9.75. The molecule has 88 valence electrons. The van der Waals surface area contributed by atoms with Crippen molar-refractivity contribution in [3.63, 3.8) is 0 Å². The van der Waals surface area contributed by atoms with Crippen LogP contribution in [0.25, 0.3) is 0 Å². The lowest BCUT2D eigenvalue weighted by molar-refractivity contribution is 0.0377. The van der Waals surface area contributed by atoms with Crippen LogP contribution in [0.3, 0.4) is 0 Å². The van der Waals surface area contributed by atoms with Gasteiger partial charge in [-0.25, -0.2) is 4.98 Å². The fourth-order valence-corrected chi connectivity index (χ4v) is 3.17. The van der Waals surface area contributed by atoms with E-state index in [1.165, 1.54) is 11.4 Å². The molecular weight excluding hydrogens is 202 g/mol. The van der Waals surface area contributed by atoms with E-state index in [4.69, 9.17) is 4.74 Å². The molecule has 0 radical (unpaired) electrons. The molecular formula is C12H19N3O. The number of fused-ring (bicyclic) bond motifs is 2. The second-order valence-corrected chi connectivity index (χ2v) is 4.92. The summed E-state index contributed by atoms with van der Waals surface area (Å²) in [5.74, 6) is 0. The van der Waals surface area contributed by atoms with E-state index in [2.05, 4.69) is 15.3 Å². The van der Waals surface area contributed by atoms with E-state index in [0.717, 1.165) is 38.6 Å². The third-order valence-electron chi connectivity index (χ3n) is 4.13. The lowest BCUT2D eigenvalue weighted by Crippen LogP contribution is -2.50. The maximum Gasteiger partial charge on any atom is 0.0926 e. The number of ether oxygens (including phenoxy) is 1. The lowest BCUT2D eigenvalue weighted by Gasteiger charge is -2.42. The van der Waals surface area contributed by atoms with Crippen molar-refractivity contribution in [1.82, 2.24) is 15.3 Å². The summed E-state index contributed by atoms with van der Waals surface area (Å²) >= 11 is 0. The van der Waals surface area contributed by atoms with Gasteiger partial charge in [0.2, 0.25) is 0 Å². The van der Waals surface area contributed by atoms with E-state index in [0.29, 0.717) is 6.10 Å². The van der Waals surface area contributed by atoms with Crippen LogP contribution in [-0.2, 0) is 16.7 Å². The van der Waals surface area contributed by atoms with Gasteiger partial charge < -0.3 is 15.0 Å². The first kappa shape index (κ1) is 10.3. The number of nitrogens with one attached hydrogen (secondary N) is 2. The van der Waals surface area contributed by atoms with Crippen molar-refractivity contribution in [1.29, 1.82) is 0 Å². The molecule has 3 rings (SSSR count). The minimum absolute atomic E-state index is 0.128. The molecule has 16 heavy (non-hydrogen) atoms. The zero-order valence-electron chi connectivity index (χ0n) is 9.75. The minimum Gasteiger partial charge on any atom is -0.381 e. The molecule has 1 aromatic rings. The average molecular weight is 221 g/mol. The van der Waals surface area contributed by atoms with Crippen LogP contribution in [0, 0.1) is 0 Å². The first-order valence-electron chi connectivity index (χ1n) is 6.15. The van der Waals surface area contributed by atoms with E-state index >= 15 is 0 Å². The molecule has 4 nitrogen and oxygen atoms in total. The Morgan fingerprint density at radius 3 is 3.00 bits per heavy atom. The standard InChI is InChI=1S/C12H19N3O/c1-16-9-2-5-12(6-3-9)11-10(4-7-15-12)13-8-14-11/h8-9,15H,2-7H2,1H3,(H,13,14). The molecule has 1 aromatic heterocycles. The van der Waals surface area contributed by atoms with Crippen LogP contribution in [0.2, 0.25) is 0 Å². The molecule has 0 aromatic carbocycles. The van der Waals surface area contributed by atoms with Crippen molar-refractivity contribution in [2.24, 2.45) is 0 Å². The van der Waals surface area contributed by atoms with E-state index in [1.807, 2.05) is 13.4 Å². The number of nitrogens with zero attached hydrogens (tertiary/aromatic N) is 1. The highest BCUT2D eigenvalue weighted by atomic mass is 16.5. The lowest BCUT2D eigenvalue weighted by atomic mass is 9.75. The van der Waals surface area contributed by atoms with Gasteiger partial charge >= 0.3 is 0 Å². The van der Waals surface area contributed by atoms with Gasteiger partial charge in [0.1, 0.15) is 0 Å². The maximum absolute atomic E-state index is 5.44. The summed E-state index contributed by atoms with van der Waals surface area (Å²) in [5, 5.41) is 3.68. The van der Waals surface area contributed by atoms with Crippen molar-refractivity contribution in [3.8, 4) is 0 Å². The van der Waals surface area contributed by atoms with E-state index < -0.39 is 0 Å². The molecule has 4 heteroatoms. The molecule has 1 aliphatic heterocycles. The summed E-state index contributed by atoms with van der Waals surface area (Å²) in [5.41, 5.74) is 2.71. The van der Waals surface area contributed by atoms with Crippen molar-refractivity contribution < 1.29 is 4.74 Å². The fraction of sp³-hybridized carbons (Fsp3) is 0.750. The van der Waals surface area contributed by atoms with Crippen molar-refractivity contribution in [2.75, 3.05) is 13.7 Å². The SMILES string of the molecule is COC1CCC2(CC1)NCCc1[nH]cnc12. The highest BCUT2D eigenvalue weighted by Gasteiger charge is 2.41. The minimum atomic E-state index is 0.128. The summed E-state index contributed by atoms with van der Waals surface area (Å²) in [6.45, 7) is 1.06. The Bertz CT molecular complexity index is 366. The van der Waals surface area contributed by atoms with Crippen LogP contribution in [0.4, 0.5) is 0 Å². The summed E-state index contributed by atoms with van der Waals surface area (Å²) in [6, 6.07) is 0. The van der Waals surface area contributed by atoms with Gasteiger partial charge in [0.15, 0.2) is 0 Å². The molecule has 1 spiro atoms. The van der Waals surface area contributed by atoms with Crippen molar-refractivity contribution >= 4 is 0 Å². The maximum atomic E-state index is 5.44. The Labute approximate surface area is 95.8 Å². The first-order valence-corrected chi connectivity index (χ1v) is 6.15. The largest absolute Gasteiger partial charge is 0.381 e. The number of hydrogen-bond acceptors (Lipinski definition) is 3. The molecule has 1 aliphatic carbocycles. The molecule has 0 bridgehead atoms. The summed E-state index contributed by atoms with van der Waals surface area (Å²) < 4.78 is 5.44. The number of rotatable bonds is 1. The third-order valence-corrected chi connectivity index (χ3v) is 4.13. The molecule has 2 N–H and O–H groups in total. The average Bonchev–Trinajstić information content (AvgIpc) is 2.80. The Morgan fingerprint density at radius 2 is 2.25 bits per heavy atom. The smallest absolute Gasteiger partial charge is 0.0926 e. The molecule has 0 unspecified atom stereocenters. The number of imidazole rings is 1. The van der Waals surface area contributed by atoms with Gasteiger partial charge in [-0.2, -0.15) is 0 Å². The Balaban J connectivity index is 1.86. The zero-order chi connectivity index (χ0) is 11.0. The van der Waals surface area contributed by atoms with Crippen LogP contribution in [-0.4, -0.2) is 29.7 Å². The van der Waals surface area contributed by atoms with Crippen LogP contribution >= 0.6 is 0 Å². The summed E-state index contributed by atoms with van der Waals surface area (Å²) in [4.78, 5) is 7.80. The third kappa shape index (κ3) is 1.48. The van der Waals surface area contributed by atoms with Crippen LogP contribution in [0.1, 0.15) is 37.1 Å². The predicted octanol–water partition coefficient (Wildman–Crippen LogP) is 1.34. The number of aromatic amines is 1. The highest BCUT2D eigenvalue weighted by Crippen LogP contribution is 2.39. The summed E-state index contributed by atoms with van der Waals surface area (Å²) in [7, 11) is 1.82. The second kappa shape index (κ2) is 3.86. The summed E-state index contributed by atoms with van der Waals surface area (Å²) in [6.07, 6.45) is 7.90.